The molecule has 0 spiro atoms. The summed E-state index contributed by atoms with van der Waals surface area (Å²) < 4.78 is 4.19. The molecule has 0 N–H and O–H groups in total. The second-order valence-electron chi connectivity index (χ2n) is 3.77. The van der Waals surface area contributed by atoms with Gasteiger partial charge in [-0.3, -0.25) is 0 Å². The third-order valence-electron chi connectivity index (χ3n) is 2.71. The van der Waals surface area contributed by atoms with Crippen molar-refractivity contribution in [1.29, 1.82) is 0 Å². The highest BCUT2D eigenvalue weighted by Gasteiger charge is 2.14. The Morgan fingerprint density at radius 3 is 2.69 bits per heavy atom. The second-order valence-corrected chi connectivity index (χ2v) is 3.77. The fraction of sp³-hybridized carbons (Fsp3) is 0.0769. The minimum Gasteiger partial charge on any atom is -0.232 e. The number of benzene rings is 1. The zero-order chi connectivity index (χ0) is 11.0. The van der Waals surface area contributed by atoms with E-state index < -0.39 is 0 Å². The Labute approximate surface area is 93.6 Å². The number of fused-ring (bicyclic) bond motifs is 1. The first-order chi connectivity index (χ1) is 7.86. The lowest BCUT2D eigenvalue weighted by Gasteiger charge is -1.93. The first-order valence-electron chi connectivity index (χ1n) is 5.23. The Morgan fingerprint density at radius 2 is 1.88 bits per heavy atom. The molecule has 0 saturated carbocycles. The SMILES string of the molecule is C[n+]1cn(-c2ccccn2)c2ccccc21. The average Bonchev–Trinajstić information content (AvgIpc) is 2.69. The fourth-order valence-electron chi connectivity index (χ4n) is 1.94. The third kappa shape index (κ3) is 1.29. The van der Waals surface area contributed by atoms with Gasteiger partial charge in [-0.1, -0.05) is 18.2 Å². The van der Waals surface area contributed by atoms with Crippen molar-refractivity contribution >= 4 is 11.0 Å². The monoisotopic (exact) mass is 210 g/mol. The van der Waals surface area contributed by atoms with Crippen molar-refractivity contribution in [3.05, 3.63) is 55.0 Å². The predicted octanol–water partition coefficient (Wildman–Crippen LogP) is 1.85. The summed E-state index contributed by atoms with van der Waals surface area (Å²) in [5.41, 5.74) is 2.37. The van der Waals surface area contributed by atoms with E-state index in [2.05, 4.69) is 26.3 Å². The zero-order valence-electron chi connectivity index (χ0n) is 9.04. The molecule has 0 unspecified atom stereocenters. The lowest BCUT2D eigenvalue weighted by molar-refractivity contribution is -0.645. The summed E-state index contributed by atoms with van der Waals surface area (Å²) in [7, 11) is 2.04. The van der Waals surface area contributed by atoms with Crippen molar-refractivity contribution in [2.45, 2.75) is 0 Å². The Hall–Kier alpha value is -2.16. The van der Waals surface area contributed by atoms with Gasteiger partial charge in [-0.25, -0.2) is 9.55 Å². The number of aromatic nitrogens is 3. The molecular weight excluding hydrogens is 198 g/mol. The molecule has 0 radical (unpaired) electrons. The van der Waals surface area contributed by atoms with Crippen LogP contribution in [0.2, 0.25) is 0 Å². The topological polar surface area (TPSA) is 21.7 Å². The van der Waals surface area contributed by atoms with E-state index in [0.717, 1.165) is 5.82 Å². The van der Waals surface area contributed by atoms with Crippen molar-refractivity contribution in [2.24, 2.45) is 7.05 Å². The first kappa shape index (κ1) is 9.09. The Bertz CT molecular complexity index is 626. The van der Waals surface area contributed by atoms with Crippen molar-refractivity contribution in [3.8, 4) is 5.82 Å². The maximum Gasteiger partial charge on any atom is 0.251 e. The standard InChI is InChI=1S/C13H12N3/c1-15-10-16(13-8-4-5-9-14-13)12-7-3-2-6-11(12)15/h2-10H,1H3/q+1. The van der Waals surface area contributed by atoms with Gasteiger partial charge in [0.05, 0.1) is 7.05 Å². The molecule has 0 saturated heterocycles. The minimum absolute atomic E-state index is 0.944. The average molecular weight is 210 g/mol. The molecule has 0 aliphatic heterocycles. The highest BCUT2D eigenvalue weighted by atomic mass is 15.2. The number of rotatable bonds is 1. The zero-order valence-corrected chi connectivity index (χ0v) is 9.04. The van der Waals surface area contributed by atoms with E-state index in [-0.39, 0.29) is 0 Å². The molecule has 1 aromatic carbocycles. The summed E-state index contributed by atoms with van der Waals surface area (Å²) in [6.45, 7) is 0. The number of imidazole rings is 1. The molecule has 0 bridgehead atoms. The van der Waals surface area contributed by atoms with Crippen LogP contribution in [0.3, 0.4) is 0 Å². The normalized spacial score (nSPS) is 10.8. The van der Waals surface area contributed by atoms with E-state index >= 15 is 0 Å². The number of para-hydroxylation sites is 2. The van der Waals surface area contributed by atoms with Crippen LogP contribution in [0.1, 0.15) is 0 Å². The number of hydrogen-bond donors (Lipinski definition) is 0. The Kier molecular flexibility index (Phi) is 1.96. The molecule has 2 aromatic heterocycles. The molecule has 0 amide bonds. The molecule has 3 rings (SSSR count). The van der Waals surface area contributed by atoms with Crippen molar-refractivity contribution < 1.29 is 4.57 Å². The van der Waals surface area contributed by atoms with Gasteiger partial charge >= 0.3 is 0 Å². The van der Waals surface area contributed by atoms with Gasteiger partial charge in [0.15, 0.2) is 11.0 Å². The van der Waals surface area contributed by atoms with Gasteiger partial charge in [0, 0.05) is 12.3 Å². The quantitative estimate of drug-likeness (QED) is 0.562. The molecule has 3 nitrogen and oxygen atoms in total. The summed E-state index contributed by atoms with van der Waals surface area (Å²) >= 11 is 0. The number of pyridine rings is 1. The summed E-state index contributed by atoms with van der Waals surface area (Å²) in [4.78, 5) is 4.36. The van der Waals surface area contributed by atoms with Gasteiger partial charge in [0.1, 0.15) is 0 Å². The third-order valence-corrected chi connectivity index (χ3v) is 2.71. The van der Waals surface area contributed by atoms with Gasteiger partial charge in [0.25, 0.3) is 6.33 Å². The highest BCUT2D eigenvalue weighted by Crippen LogP contribution is 2.14. The van der Waals surface area contributed by atoms with Crippen molar-refractivity contribution in [2.75, 3.05) is 0 Å². The molecule has 2 heterocycles. The summed E-state index contributed by atoms with van der Waals surface area (Å²) in [6, 6.07) is 14.2. The molecule has 0 fully saturated rings. The molecule has 0 aliphatic rings. The van der Waals surface area contributed by atoms with Gasteiger partial charge in [-0.2, -0.15) is 4.57 Å². The van der Waals surface area contributed by atoms with Crippen LogP contribution in [-0.2, 0) is 7.05 Å². The largest absolute Gasteiger partial charge is 0.251 e. The smallest absolute Gasteiger partial charge is 0.232 e. The van der Waals surface area contributed by atoms with E-state index in [0.29, 0.717) is 0 Å². The summed E-state index contributed by atoms with van der Waals surface area (Å²) in [5, 5.41) is 0. The lowest BCUT2D eigenvalue weighted by Crippen LogP contribution is -2.25. The van der Waals surface area contributed by atoms with E-state index in [1.165, 1.54) is 11.0 Å². The van der Waals surface area contributed by atoms with Crippen LogP contribution in [0.4, 0.5) is 0 Å². The second kappa shape index (κ2) is 3.45. The fourth-order valence-corrected chi connectivity index (χ4v) is 1.94. The van der Waals surface area contributed by atoms with E-state index in [1.54, 1.807) is 0 Å². The first-order valence-corrected chi connectivity index (χ1v) is 5.23. The van der Waals surface area contributed by atoms with E-state index in [4.69, 9.17) is 0 Å². The van der Waals surface area contributed by atoms with Crippen molar-refractivity contribution in [1.82, 2.24) is 9.55 Å². The highest BCUT2D eigenvalue weighted by molar-refractivity contribution is 5.73. The maximum absolute atomic E-state index is 4.36. The number of nitrogens with zero attached hydrogens (tertiary/aromatic N) is 3. The van der Waals surface area contributed by atoms with Gasteiger partial charge in [0.2, 0.25) is 5.82 Å². The van der Waals surface area contributed by atoms with Gasteiger partial charge in [-0.15, -0.1) is 0 Å². The van der Waals surface area contributed by atoms with Crippen LogP contribution in [0, 0.1) is 0 Å². The summed E-state index contributed by atoms with van der Waals surface area (Å²) in [6.07, 6.45) is 3.86. The molecule has 78 valence electrons. The van der Waals surface area contributed by atoms with E-state index in [1.807, 2.05) is 49.9 Å². The van der Waals surface area contributed by atoms with Gasteiger partial charge < -0.3 is 0 Å². The summed E-state index contributed by atoms with van der Waals surface area (Å²) in [5.74, 6) is 0.944. The van der Waals surface area contributed by atoms with Crippen LogP contribution in [0.25, 0.3) is 16.9 Å². The molecule has 16 heavy (non-hydrogen) atoms. The van der Waals surface area contributed by atoms with Crippen LogP contribution < -0.4 is 4.57 Å². The molecule has 3 heteroatoms. The molecule has 3 aromatic rings. The minimum atomic E-state index is 0.944. The van der Waals surface area contributed by atoms with Crippen molar-refractivity contribution in [3.63, 3.8) is 0 Å². The van der Waals surface area contributed by atoms with E-state index in [9.17, 15) is 0 Å². The van der Waals surface area contributed by atoms with Crippen LogP contribution in [0.5, 0.6) is 0 Å². The molecule has 0 aliphatic carbocycles. The van der Waals surface area contributed by atoms with Crippen LogP contribution in [0.15, 0.2) is 55.0 Å². The van der Waals surface area contributed by atoms with Gasteiger partial charge in [-0.05, 0) is 18.2 Å². The van der Waals surface area contributed by atoms with Crippen LogP contribution >= 0.6 is 0 Å². The maximum atomic E-state index is 4.36. The molecular formula is C13H12N3+. The number of hydrogen-bond acceptors (Lipinski definition) is 1. The van der Waals surface area contributed by atoms with Crippen LogP contribution in [-0.4, -0.2) is 9.55 Å². The Morgan fingerprint density at radius 1 is 1.06 bits per heavy atom. The predicted molar refractivity (Wildman–Crippen MR) is 62.2 cm³/mol. The lowest BCUT2D eigenvalue weighted by atomic mass is 10.3. The Balaban J connectivity index is 2.33. The number of aryl methyl sites for hydroxylation is 1. The molecule has 0 atom stereocenters.